The van der Waals surface area contributed by atoms with Crippen LogP contribution in [-0.4, -0.2) is 20.9 Å². The highest BCUT2D eigenvalue weighted by molar-refractivity contribution is 5.98. The molecular formula is C26H24FN5O. The van der Waals surface area contributed by atoms with Gasteiger partial charge in [0.15, 0.2) is 11.5 Å². The summed E-state index contributed by atoms with van der Waals surface area (Å²) in [6.45, 7) is 6.09. The Hall–Kier alpha value is -4.13. The first-order valence-corrected chi connectivity index (χ1v) is 10.5. The molecule has 0 saturated heterocycles. The molecule has 0 unspecified atom stereocenters. The van der Waals surface area contributed by atoms with Gasteiger partial charge in [0.05, 0.1) is 11.4 Å². The van der Waals surface area contributed by atoms with E-state index in [0.717, 1.165) is 28.1 Å². The SMILES string of the molecule is Cc1cc(-c2nc(C(=O)NCc3ccccc3C)c(N)nc2-c2ccc(F)cc2)cc(C)n1. The number of nitrogens with one attached hydrogen (secondary N) is 1. The summed E-state index contributed by atoms with van der Waals surface area (Å²) in [5.74, 6) is -0.774. The van der Waals surface area contributed by atoms with Crippen molar-refractivity contribution in [1.82, 2.24) is 20.3 Å². The fraction of sp³-hybridized carbons (Fsp3) is 0.154. The Morgan fingerprint density at radius 1 is 0.879 bits per heavy atom. The Labute approximate surface area is 191 Å². The number of nitrogens with zero attached hydrogens (tertiary/aromatic N) is 3. The van der Waals surface area contributed by atoms with E-state index in [0.29, 0.717) is 23.5 Å². The quantitative estimate of drug-likeness (QED) is 0.465. The average molecular weight is 442 g/mol. The van der Waals surface area contributed by atoms with Crippen molar-refractivity contribution in [3.8, 4) is 22.5 Å². The third-order valence-corrected chi connectivity index (χ3v) is 5.31. The van der Waals surface area contributed by atoms with Gasteiger partial charge in [-0.2, -0.15) is 0 Å². The van der Waals surface area contributed by atoms with Gasteiger partial charge in [0, 0.05) is 29.1 Å². The topological polar surface area (TPSA) is 93.8 Å². The van der Waals surface area contributed by atoms with E-state index < -0.39 is 5.91 Å². The fourth-order valence-corrected chi connectivity index (χ4v) is 3.66. The van der Waals surface area contributed by atoms with Gasteiger partial charge in [-0.05, 0) is 68.3 Å². The second-order valence-electron chi connectivity index (χ2n) is 7.91. The lowest BCUT2D eigenvalue weighted by Gasteiger charge is -2.14. The van der Waals surface area contributed by atoms with Gasteiger partial charge in [0.25, 0.3) is 5.91 Å². The first kappa shape index (κ1) is 22.1. The third kappa shape index (κ3) is 4.87. The first-order chi connectivity index (χ1) is 15.8. The van der Waals surface area contributed by atoms with Crippen molar-refractivity contribution in [2.75, 3.05) is 5.73 Å². The number of nitrogen functional groups attached to an aromatic ring is 1. The molecule has 3 N–H and O–H groups in total. The molecule has 0 aliphatic carbocycles. The fourth-order valence-electron chi connectivity index (χ4n) is 3.66. The number of hydrogen-bond acceptors (Lipinski definition) is 5. The molecule has 4 aromatic rings. The Morgan fingerprint density at radius 3 is 2.18 bits per heavy atom. The lowest BCUT2D eigenvalue weighted by molar-refractivity contribution is 0.0946. The predicted octanol–water partition coefficient (Wildman–Crippen LogP) is 4.78. The summed E-state index contributed by atoms with van der Waals surface area (Å²) >= 11 is 0. The summed E-state index contributed by atoms with van der Waals surface area (Å²) in [4.78, 5) is 26.6. The maximum atomic E-state index is 13.5. The van der Waals surface area contributed by atoms with Crippen molar-refractivity contribution in [2.45, 2.75) is 27.3 Å². The van der Waals surface area contributed by atoms with Gasteiger partial charge < -0.3 is 11.1 Å². The molecule has 0 spiro atoms. The maximum Gasteiger partial charge on any atom is 0.274 e. The van der Waals surface area contributed by atoms with Crippen LogP contribution < -0.4 is 11.1 Å². The standard InChI is InChI=1S/C26H24FN5O/c1-15-6-4-5-7-19(15)14-29-26(33)24-25(28)32-22(18-8-10-21(27)11-9-18)23(31-24)20-12-16(2)30-17(3)13-20/h4-13H,14H2,1-3H3,(H2,28,32)(H,29,33). The van der Waals surface area contributed by atoms with E-state index in [1.54, 1.807) is 12.1 Å². The minimum absolute atomic E-state index is 0.00265. The van der Waals surface area contributed by atoms with Crippen LogP contribution in [0.3, 0.4) is 0 Å². The van der Waals surface area contributed by atoms with Crippen LogP contribution in [0.5, 0.6) is 0 Å². The lowest BCUT2D eigenvalue weighted by Crippen LogP contribution is -2.26. The number of carbonyl (C=O) groups excluding carboxylic acids is 1. The summed E-state index contributed by atoms with van der Waals surface area (Å²) in [7, 11) is 0. The molecule has 2 aromatic carbocycles. The normalized spacial score (nSPS) is 10.8. The van der Waals surface area contributed by atoms with Crippen molar-refractivity contribution < 1.29 is 9.18 Å². The minimum atomic E-state index is -0.419. The predicted molar refractivity (Wildman–Crippen MR) is 127 cm³/mol. The van der Waals surface area contributed by atoms with E-state index in [-0.39, 0.29) is 17.3 Å². The number of pyridine rings is 1. The third-order valence-electron chi connectivity index (χ3n) is 5.31. The Balaban J connectivity index is 1.78. The molecule has 0 fully saturated rings. The van der Waals surface area contributed by atoms with Crippen LogP contribution in [0.2, 0.25) is 0 Å². The monoisotopic (exact) mass is 441 g/mol. The highest BCUT2D eigenvalue weighted by Gasteiger charge is 2.20. The molecule has 0 atom stereocenters. The second kappa shape index (κ2) is 9.16. The summed E-state index contributed by atoms with van der Waals surface area (Å²) in [6, 6.07) is 17.5. The minimum Gasteiger partial charge on any atom is -0.382 e. The van der Waals surface area contributed by atoms with Crippen LogP contribution in [0.4, 0.5) is 10.2 Å². The van der Waals surface area contributed by atoms with Crippen LogP contribution in [0.25, 0.3) is 22.5 Å². The zero-order chi connectivity index (χ0) is 23.5. The van der Waals surface area contributed by atoms with Crippen molar-refractivity contribution in [3.63, 3.8) is 0 Å². The zero-order valence-electron chi connectivity index (χ0n) is 18.7. The molecule has 0 saturated carbocycles. The number of amides is 1. The molecule has 7 heteroatoms. The van der Waals surface area contributed by atoms with Gasteiger partial charge in [0.2, 0.25) is 0 Å². The van der Waals surface area contributed by atoms with Crippen LogP contribution in [-0.2, 0) is 6.54 Å². The van der Waals surface area contributed by atoms with Gasteiger partial charge in [-0.15, -0.1) is 0 Å². The van der Waals surface area contributed by atoms with E-state index >= 15 is 0 Å². The zero-order valence-corrected chi connectivity index (χ0v) is 18.7. The molecule has 2 heterocycles. The number of aromatic nitrogens is 3. The largest absolute Gasteiger partial charge is 0.382 e. The van der Waals surface area contributed by atoms with Crippen LogP contribution >= 0.6 is 0 Å². The number of hydrogen-bond donors (Lipinski definition) is 2. The number of carbonyl (C=O) groups is 1. The number of halogens is 1. The molecule has 4 rings (SSSR count). The number of anilines is 1. The second-order valence-corrected chi connectivity index (χ2v) is 7.91. The Bertz CT molecular complexity index is 1320. The van der Waals surface area contributed by atoms with Crippen LogP contribution in [0.1, 0.15) is 33.0 Å². The van der Waals surface area contributed by atoms with E-state index in [4.69, 9.17) is 5.73 Å². The highest BCUT2D eigenvalue weighted by atomic mass is 19.1. The molecule has 166 valence electrons. The Kier molecular flexibility index (Phi) is 6.13. The van der Waals surface area contributed by atoms with Gasteiger partial charge >= 0.3 is 0 Å². The summed E-state index contributed by atoms with van der Waals surface area (Å²) < 4.78 is 13.5. The van der Waals surface area contributed by atoms with E-state index in [1.165, 1.54) is 12.1 Å². The van der Waals surface area contributed by atoms with Crippen LogP contribution in [0, 0.1) is 26.6 Å². The van der Waals surface area contributed by atoms with Gasteiger partial charge in [-0.1, -0.05) is 24.3 Å². The molecule has 6 nitrogen and oxygen atoms in total. The van der Waals surface area contributed by atoms with Crippen LogP contribution in [0.15, 0.2) is 60.7 Å². The number of aryl methyl sites for hydroxylation is 3. The average Bonchev–Trinajstić information content (AvgIpc) is 2.78. The van der Waals surface area contributed by atoms with E-state index in [2.05, 4.69) is 20.3 Å². The Morgan fingerprint density at radius 2 is 1.52 bits per heavy atom. The molecular weight excluding hydrogens is 417 g/mol. The summed E-state index contributed by atoms with van der Waals surface area (Å²) in [6.07, 6.45) is 0. The smallest absolute Gasteiger partial charge is 0.274 e. The van der Waals surface area contributed by atoms with Gasteiger partial charge in [-0.3, -0.25) is 9.78 Å². The highest BCUT2D eigenvalue weighted by Crippen LogP contribution is 2.31. The maximum absolute atomic E-state index is 13.5. The van der Waals surface area contributed by atoms with Crippen molar-refractivity contribution in [1.29, 1.82) is 0 Å². The molecule has 0 aliphatic rings. The van der Waals surface area contributed by atoms with Gasteiger partial charge in [-0.25, -0.2) is 14.4 Å². The number of nitrogens with two attached hydrogens (primary N) is 1. The summed E-state index contributed by atoms with van der Waals surface area (Å²) in [5.41, 5.74) is 12.2. The first-order valence-electron chi connectivity index (χ1n) is 10.5. The molecule has 2 aromatic heterocycles. The molecule has 1 amide bonds. The molecule has 33 heavy (non-hydrogen) atoms. The van der Waals surface area contributed by atoms with Gasteiger partial charge in [0.1, 0.15) is 5.82 Å². The van der Waals surface area contributed by atoms with Crippen molar-refractivity contribution >= 4 is 11.7 Å². The van der Waals surface area contributed by atoms with Crippen molar-refractivity contribution in [2.24, 2.45) is 0 Å². The van der Waals surface area contributed by atoms with Crippen molar-refractivity contribution in [3.05, 3.63) is 94.7 Å². The van der Waals surface area contributed by atoms with E-state index in [9.17, 15) is 9.18 Å². The molecule has 0 aliphatic heterocycles. The molecule has 0 bridgehead atoms. The number of rotatable bonds is 5. The molecule has 0 radical (unpaired) electrons. The lowest BCUT2D eigenvalue weighted by atomic mass is 10.0. The summed E-state index contributed by atoms with van der Waals surface area (Å²) in [5, 5.41) is 2.88. The van der Waals surface area contributed by atoms with E-state index in [1.807, 2.05) is 57.2 Å². The number of benzene rings is 2.